The molecule has 0 amide bonds. The van der Waals surface area contributed by atoms with Crippen molar-refractivity contribution in [2.45, 2.75) is 38.5 Å². The number of nitrogens with two attached hydrogens (primary N) is 1. The number of rotatable bonds is 6. The van der Waals surface area contributed by atoms with Crippen LogP contribution in [0.5, 0.6) is 5.75 Å². The second-order valence-corrected chi connectivity index (χ2v) is 5.44. The zero-order valence-electron chi connectivity index (χ0n) is 12.8. The predicted molar refractivity (Wildman–Crippen MR) is 80.9 cm³/mol. The number of ether oxygens (including phenoxy) is 2. The van der Waals surface area contributed by atoms with Crippen LogP contribution in [0.3, 0.4) is 0 Å². The van der Waals surface area contributed by atoms with E-state index in [1.807, 2.05) is 13.0 Å². The van der Waals surface area contributed by atoms with Crippen LogP contribution >= 0.6 is 0 Å². The smallest absolute Gasteiger partial charge is 0.165 e. The Bertz CT molecular complexity index is 456. The first-order chi connectivity index (χ1) is 10.2. The molecule has 4 nitrogen and oxygen atoms in total. The maximum Gasteiger partial charge on any atom is 0.165 e. The van der Waals surface area contributed by atoms with E-state index < -0.39 is 0 Å². The third-order valence-electron chi connectivity index (χ3n) is 4.08. The van der Waals surface area contributed by atoms with E-state index in [1.54, 1.807) is 19.2 Å². The third-order valence-corrected chi connectivity index (χ3v) is 4.08. The van der Waals surface area contributed by atoms with Crippen LogP contribution in [0.25, 0.3) is 0 Å². The molecule has 118 valence electrons. The molecule has 5 heteroatoms. The number of benzene rings is 1. The fraction of sp³-hybridized carbons (Fsp3) is 0.625. The largest absolute Gasteiger partial charge is 0.491 e. The summed E-state index contributed by atoms with van der Waals surface area (Å²) >= 11 is 0. The second kappa shape index (κ2) is 7.73. The molecule has 0 bridgehead atoms. The lowest BCUT2D eigenvalue weighted by molar-refractivity contribution is 0.0102. The van der Waals surface area contributed by atoms with Crippen LogP contribution in [0.2, 0.25) is 0 Å². The molecular formula is C16H25FN2O2. The molecule has 1 saturated heterocycles. The van der Waals surface area contributed by atoms with E-state index in [2.05, 4.69) is 4.90 Å². The normalized spacial score (nSPS) is 23.2. The van der Waals surface area contributed by atoms with Crippen molar-refractivity contribution < 1.29 is 13.9 Å². The van der Waals surface area contributed by atoms with E-state index in [4.69, 9.17) is 15.2 Å². The van der Waals surface area contributed by atoms with Crippen LogP contribution < -0.4 is 10.5 Å². The standard InChI is InChI=1S/C16H25FN2O2/c1-3-21-16-5-4-12(8-15(16)17)11-19-7-6-14(20-2)9-13(19)10-18/h4-5,8,13-14H,3,6-7,9-11,18H2,1-2H3. The van der Waals surface area contributed by atoms with Gasteiger partial charge in [0.15, 0.2) is 11.6 Å². The Balaban J connectivity index is 2.02. The predicted octanol–water partition coefficient (Wildman–Crippen LogP) is 2.16. The minimum Gasteiger partial charge on any atom is -0.491 e. The molecule has 0 aliphatic carbocycles. The molecule has 21 heavy (non-hydrogen) atoms. The highest BCUT2D eigenvalue weighted by Crippen LogP contribution is 2.23. The fourth-order valence-electron chi connectivity index (χ4n) is 2.88. The molecule has 2 atom stereocenters. The molecule has 1 heterocycles. The SMILES string of the molecule is CCOc1ccc(CN2CCC(OC)CC2CN)cc1F. The first-order valence-electron chi connectivity index (χ1n) is 7.56. The van der Waals surface area contributed by atoms with Crippen molar-refractivity contribution >= 4 is 0 Å². The highest BCUT2D eigenvalue weighted by atomic mass is 19.1. The van der Waals surface area contributed by atoms with Crippen LogP contribution in [-0.4, -0.2) is 43.9 Å². The molecule has 1 fully saturated rings. The van der Waals surface area contributed by atoms with Crippen molar-refractivity contribution in [1.82, 2.24) is 4.90 Å². The topological polar surface area (TPSA) is 47.7 Å². The molecule has 1 aliphatic heterocycles. The average Bonchev–Trinajstić information content (AvgIpc) is 2.50. The summed E-state index contributed by atoms with van der Waals surface area (Å²) in [6.45, 7) is 4.55. The summed E-state index contributed by atoms with van der Waals surface area (Å²) in [6, 6.07) is 5.47. The van der Waals surface area contributed by atoms with Gasteiger partial charge in [-0.2, -0.15) is 0 Å². The van der Waals surface area contributed by atoms with E-state index in [1.165, 1.54) is 0 Å². The van der Waals surface area contributed by atoms with E-state index in [0.717, 1.165) is 24.9 Å². The summed E-state index contributed by atoms with van der Waals surface area (Å²) in [7, 11) is 1.75. The number of methoxy groups -OCH3 is 1. The van der Waals surface area contributed by atoms with E-state index in [0.29, 0.717) is 31.5 Å². The minimum atomic E-state index is -0.301. The van der Waals surface area contributed by atoms with Crippen molar-refractivity contribution in [3.8, 4) is 5.75 Å². The lowest BCUT2D eigenvalue weighted by Crippen LogP contribution is -2.47. The number of nitrogens with zero attached hydrogens (tertiary/aromatic N) is 1. The molecule has 1 aromatic carbocycles. The first-order valence-corrected chi connectivity index (χ1v) is 7.56. The lowest BCUT2D eigenvalue weighted by atomic mass is 9.98. The van der Waals surface area contributed by atoms with E-state index in [-0.39, 0.29) is 11.9 Å². The summed E-state index contributed by atoms with van der Waals surface area (Å²) in [4.78, 5) is 2.31. The molecule has 2 rings (SSSR count). The highest BCUT2D eigenvalue weighted by molar-refractivity contribution is 5.29. The van der Waals surface area contributed by atoms with Crippen molar-refractivity contribution in [3.05, 3.63) is 29.6 Å². The van der Waals surface area contributed by atoms with Gasteiger partial charge >= 0.3 is 0 Å². The van der Waals surface area contributed by atoms with E-state index >= 15 is 0 Å². The van der Waals surface area contributed by atoms with Crippen molar-refractivity contribution in [2.75, 3.05) is 26.8 Å². The Morgan fingerprint density at radius 1 is 1.43 bits per heavy atom. The van der Waals surface area contributed by atoms with Gasteiger partial charge in [0.05, 0.1) is 12.7 Å². The van der Waals surface area contributed by atoms with Gasteiger partial charge in [-0.25, -0.2) is 4.39 Å². The van der Waals surface area contributed by atoms with Crippen molar-refractivity contribution in [1.29, 1.82) is 0 Å². The summed E-state index contributed by atoms with van der Waals surface area (Å²) in [5.41, 5.74) is 6.82. The van der Waals surface area contributed by atoms with Gasteiger partial charge in [-0.3, -0.25) is 4.90 Å². The third kappa shape index (κ3) is 4.15. The fourth-order valence-corrected chi connectivity index (χ4v) is 2.88. The van der Waals surface area contributed by atoms with Gasteiger partial charge in [0.2, 0.25) is 0 Å². The average molecular weight is 296 g/mol. The maximum atomic E-state index is 13.9. The zero-order chi connectivity index (χ0) is 15.2. The number of halogens is 1. The van der Waals surface area contributed by atoms with Gasteiger partial charge in [0, 0.05) is 32.8 Å². The van der Waals surface area contributed by atoms with Crippen LogP contribution in [0.4, 0.5) is 4.39 Å². The first kappa shape index (κ1) is 16.2. The Morgan fingerprint density at radius 2 is 2.24 bits per heavy atom. The Hall–Kier alpha value is -1.17. The van der Waals surface area contributed by atoms with Crippen LogP contribution in [0.1, 0.15) is 25.3 Å². The van der Waals surface area contributed by atoms with Gasteiger partial charge in [-0.15, -0.1) is 0 Å². The van der Waals surface area contributed by atoms with Crippen LogP contribution in [0, 0.1) is 5.82 Å². The summed E-state index contributed by atoms with van der Waals surface area (Å²) < 4.78 is 24.6. The quantitative estimate of drug-likeness (QED) is 0.874. The molecular weight excluding hydrogens is 271 g/mol. The number of hydrogen-bond donors (Lipinski definition) is 1. The molecule has 0 aromatic heterocycles. The number of piperidine rings is 1. The summed E-state index contributed by atoms with van der Waals surface area (Å²) in [5.74, 6) is 0.0140. The van der Waals surface area contributed by atoms with E-state index in [9.17, 15) is 4.39 Å². The molecule has 2 N–H and O–H groups in total. The van der Waals surface area contributed by atoms with Gasteiger partial charge in [0.1, 0.15) is 0 Å². The Kier molecular flexibility index (Phi) is 5.96. The molecule has 2 unspecified atom stereocenters. The Labute approximate surface area is 126 Å². The zero-order valence-corrected chi connectivity index (χ0v) is 12.8. The van der Waals surface area contributed by atoms with Crippen molar-refractivity contribution in [2.24, 2.45) is 5.73 Å². The molecule has 0 radical (unpaired) electrons. The van der Waals surface area contributed by atoms with Gasteiger partial charge in [-0.1, -0.05) is 6.07 Å². The van der Waals surface area contributed by atoms with Gasteiger partial charge in [0.25, 0.3) is 0 Å². The lowest BCUT2D eigenvalue weighted by Gasteiger charge is -2.38. The van der Waals surface area contributed by atoms with Gasteiger partial charge in [-0.05, 0) is 37.5 Å². The summed E-state index contributed by atoms with van der Waals surface area (Å²) in [6.07, 6.45) is 2.21. The van der Waals surface area contributed by atoms with Crippen molar-refractivity contribution in [3.63, 3.8) is 0 Å². The number of hydrogen-bond acceptors (Lipinski definition) is 4. The second-order valence-electron chi connectivity index (χ2n) is 5.44. The van der Waals surface area contributed by atoms with Crippen LogP contribution in [0.15, 0.2) is 18.2 Å². The monoisotopic (exact) mass is 296 g/mol. The molecule has 1 aliphatic rings. The minimum absolute atomic E-state index is 0.284. The highest BCUT2D eigenvalue weighted by Gasteiger charge is 2.27. The molecule has 1 aromatic rings. The Morgan fingerprint density at radius 3 is 2.86 bits per heavy atom. The molecule has 0 saturated carbocycles. The van der Waals surface area contributed by atoms with Gasteiger partial charge < -0.3 is 15.2 Å². The van der Waals surface area contributed by atoms with Crippen LogP contribution in [-0.2, 0) is 11.3 Å². The molecule has 0 spiro atoms. The number of likely N-dealkylation sites (tertiary alicyclic amines) is 1. The maximum absolute atomic E-state index is 13.9. The summed E-state index contributed by atoms with van der Waals surface area (Å²) in [5, 5.41) is 0.